The van der Waals surface area contributed by atoms with Crippen LogP contribution in [0.4, 0.5) is 0 Å². The lowest BCUT2D eigenvalue weighted by atomic mass is 9.86. The second-order valence-corrected chi connectivity index (χ2v) is 4.83. The van der Waals surface area contributed by atoms with E-state index in [1.165, 1.54) is 12.0 Å². The number of rotatable bonds is 3. The van der Waals surface area contributed by atoms with E-state index in [0.717, 1.165) is 36.0 Å². The highest BCUT2D eigenvalue weighted by atomic mass is 35.5. The van der Waals surface area contributed by atoms with Gasteiger partial charge in [0.15, 0.2) is 0 Å². The van der Waals surface area contributed by atoms with Crippen LogP contribution in [0.3, 0.4) is 0 Å². The molecular formula is C13H18ClNO2. The van der Waals surface area contributed by atoms with E-state index in [-0.39, 0.29) is 5.75 Å². The minimum Gasteiger partial charge on any atom is -0.506 e. The van der Waals surface area contributed by atoms with Crippen LogP contribution in [-0.2, 0) is 24.2 Å². The molecule has 0 spiro atoms. The minimum atomic E-state index is 0.203. The van der Waals surface area contributed by atoms with Gasteiger partial charge < -0.3 is 9.94 Å². The second kappa shape index (κ2) is 5.25. The maximum atomic E-state index is 10.1. The Balaban J connectivity index is 2.49. The van der Waals surface area contributed by atoms with Gasteiger partial charge in [-0.2, -0.15) is 5.48 Å². The molecule has 4 heteroatoms. The van der Waals surface area contributed by atoms with Crippen molar-refractivity contribution in [3.05, 3.63) is 27.3 Å². The summed E-state index contributed by atoms with van der Waals surface area (Å²) in [5, 5.41) is 10.7. The summed E-state index contributed by atoms with van der Waals surface area (Å²) in [6.07, 6.45) is 4.38. The fourth-order valence-corrected chi connectivity index (χ4v) is 2.88. The molecule has 17 heavy (non-hydrogen) atoms. The number of halogens is 1. The number of phenols is 1. The van der Waals surface area contributed by atoms with Gasteiger partial charge in [0.05, 0.1) is 12.1 Å². The van der Waals surface area contributed by atoms with E-state index in [9.17, 15) is 5.11 Å². The zero-order valence-corrected chi connectivity index (χ0v) is 11.0. The topological polar surface area (TPSA) is 41.5 Å². The van der Waals surface area contributed by atoms with Gasteiger partial charge in [0.2, 0.25) is 0 Å². The maximum absolute atomic E-state index is 10.1. The molecule has 0 bridgehead atoms. The molecule has 2 rings (SSSR count). The predicted molar refractivity (Wildman–Crippen MR) is 68.3 cm³/mol. The average molecular weight is 256 g/mol. The van der Waals surface area contributed by atoms with Crippen molar-refractivity contribution in [2.24, 2.45) is 0 Å². The fourth-order valence-electron chi connectivity index (χ4n) is 2.56. The number of hydrogen-bond acceptors (Lipinski definition) is 3. The maximum Gasteiger partial charge on any atom is 0.139 e. The molecule has 0 unspecified atom stereocenters. The summed E-state index contributed by atoms with van der Waals surface area (Å²) in [4.78, 5) is 4.84. The molecule has 1 aliphatic rings. The Morgan fingerprint density at radius 1 is 1.29 bits per heavy atom. The number of hydrogen-bond donors (Lipinski definition) is 2. The van der Waals surface area contributed by atoms with Crippen molar-refractivity contribution < 1.29 is 9.94 Å². The smallest absolute Gasteiger partial charge is 0.139 e. The Hall–Kier alpha value is -0.770. The van der Waals surface area contributed by atoms with Gasteiger partial charge in [0.1, 0.15) is 5.75 Å². The van der Waals surface area contributed by atoms with Gasteiger partial charge in [0.25, 0.3) is 0 Å². The molecule has 0 amide bonds. The molecule has 0 saturated carbocycles. The van der Waals surface area contributed by atoms with Crippen molar-refractivity contribution in [2.45, 2.75) is 39.2 Å². The first-order valence-corrected chi connectivity index (χ1v) is 6.32. The third-order valence-electron chi connectivity index (χ3n) is 3.53. The van der Waals surface area contributed by atoms with Crippen LogP contribution >= 0.6 is 11.6 Å². The van der Waals surface area contributed by atoms with Crippen molar-refractivity contribution in [1.29, 1.82) is 0 Å². The van der Waals surface area contributed by atoms with E-state index in [4.69, 9.17) is 16.4 Å². The number of benzene rings is 1. The normalized spacial score (nSPS) is 14.8. The van der Waals surface area contributed by atoms with Crippen molar-refractivity contribution in [2.75, 3.05) is 7.11 Å². The molecule has 0 fully saturated rings. The average Bonchev–Trinajstić information content (AvgIpc) is 2.36. The van der Waals surface area contributed by atoms with Crippen LogP contribution in [0.5, 0.6) is 5.75 Å². The summed E-state index contributed by atoms with van der Waals surface area (Å²) in [6.45, 7) is 2.52. The van der Waals surface area contributed by atoms with Crippen LogP contribution in [0, 0.1) is 6.92 Å². The monoisotopic (exact) mass is 255 g/mol. The standard InChI is InChI=1S/C13H18ClNO2/c1-8-9-5-3-4-6-10(9)12(14)13(16)11(8)7-15-17-2/h15-16H,3-7H2,1-2H3. The first kappa shape index (κ1) is 12.7. The van der Waals surface area contributed by atoms with Gasteiger partial charge >= 0.3 is 0 Å². The molecule has 1 aromatic carbocycles. The van der Waals surface area contributed by atoms with Crippen LogP contribution in [0.2, 0.25) is 5.02 Å². The van der Waals surface area contributed by atoms with Gasteiger partial charge in [-0.25, -0.2) is 0 Å². The summed E-state index contributed by atoms with van der Waals surface area (Å²) in [7, 11) is 1.56. The van der Waals surface area contributed by atoms with Gasteiger partial charge in [0, 0.05) is 12.1 Å². The predicted octanol–water partition coefficient (Wildman–Crippen LogP) is 2.88. The van der Waals surface area contributed by atoms with E-state index >= 15 is 0 Å². The van der Waals surface area contributed by atoms with Crippen molar-refractivity contribution in [1.82, 2.24) is 5.48 Å². The number of nitrogens with one attached hydrogen (secondary N) is 1. The molecular weight excluding hydrogens is 238 g/mol. The molecule has 0 heterocycles. The third-order valence-corrected chi connectivity index (χ3v) is 3.93. The number of phenolic OH excluding ortho intramolecular Hbond substituents is 1. The molecule has 1 aliphatic carbocycles. The number of fused-ring (bicyclic) bond motifs is 1. The Kier molecular flexibility index (Phi) is 3.92. The van der Waals surface area contributed by atoms with E-state index < -0.39 is 0 Å². The lowest BCUT2D eigenvalue weighted by Gasteiger charge is -2.23. The molecule has 3 nitrogen and oxygen atoms in total. The quantitative estimate of drug-likeness (QED) is 0.816. The zero-order valence-electron chi connectivity index (χ0n) is 10.3. The molecule has 2 N–H and O–H groups in total. The van der Waals surface area contributed by atoms with Crippen LogP contribution in [0.1, 0.15) is 35.1 Å². The lowest BCUT2D eigenvalue weighted by Crippen LogP contribution is -2.15. The first-order valence-electron chi connectivity index (χ1n) is 5.94. The molecule has 0 atom stereocenters. The van der Waals surface area contributed by atoms with Gasteiger partial charge in [-0.3, -0.25) is 0 Å². The lowest BCUT2D eigenvalue weighted by molar-refractivity contribution is 0.0860. The fraction of sp³-hybridized carbons (Fsp3) is 0.538. The number of hydroxylamine groups is 1. The summed E-state index contributed by atoms with van der Waals surface area (Å²) in [6, 6.07) is 0. The Bertz CT molecular complexity index is 432. The van der Waals surface area contributed by atoms with Crippen LogP contribution in [0.15, 0.2) is 0 Å². The van der Waals surface area contributed by atoms with Gasteiger partial charge in [-0.05, 0) is 49.3 Å². The Labute approximate surface area is 107 Å². The second-order valence-electron chi connectivity index (χ2n) is 4.46. The van der Waals surface area contributed by atoms with Crippen LogP contribution in [0.25, 0.3) is 0 Å². The largest absolute Gasteiger partial charge is 0.506 e. The first-order chi connectivity index (χ1) is 8.16. The van der Waals surface area contributed by atoms with Crippen molar-refractivity contribution in [3.8, 4) is 5.75 Å². The summed E-state index contributed by atoms with van der Waals surface area (Å²) in [5.74, 6) is 0.203. The van der Waals surface area contributed by atoms with Crippen LogP contribution in [-0.4, -0.2) is 12.2 Å². The number of aromatic hydroxyl groups is 1. The molecule has 0 saturated heterocycles. The molecule has 94 valence electrons. The van der Waals surface area contributed by atoms with Gasteiger partial charge in [-0.1, -0.05) is 11.6 Å². The molecule has 1 aromatic rings. The van der Waals surface area contributed by atoms with E-state index in [1.807, 2.05) is 6.92 Å². The van der Waals surface area contributed by atoms with Crippen LogP contribution < -0.4 is 5.48 Å². The highest BCUT2D eigenvalue weighted by Gasteiger charge is 2.21. The SMILES string of the molecule is CONCc1c(C)c2c(c(Cl)c1O)CCCC2. The summed E-state index contributed by atoms with van der Waals surface area (Å²) < 4.78 is 0. The van der Waals surface area contributed by atoms with E-state index in [1.54, 1.807) is 7.11 Å². The third kappa shape index (κ3) is 2.28. The Morgan fingerprint density at radius 3 is 2.59 bits per heavy atom. The van der Waals surface area contributed by atoms with E-state index in [2.05, 4.69) is 5.48 Å². The highest BCUT2D eigenvalue weighted by molar-refractivity contribution is 6.33. The van der Waals surface area contributed by atoms with E-state index in [0.29, 0.717) is 11.6 Å². The Morgan fingerprint density at radius 2 is 1.94 bits per heavy atom. The molecule has 0 aliphatic heterocycles. The summed E-state index contributed by atoms with van der Waals surface area (Å²) >= 11 is 6.25. The minimum absolute atomic E-state index is 0.203. The van der Waals surface area contributed by atoms with Crippen molar-refractivity contribution >= 4 is 11.6 Å². The molecule has 0 aromatic heterocycles. The van der Waals surface area contributed by atoms with Gasteiger partial charge in [-0.15, -0.1) is 0 Å². The zero-order chi connectivity index (χ0) is 12.4. The summed E-state index contributed by atoms with van der Waals surface area (Å²) in [5.41, 5.74) is 7.20. The molecule has 0 radical (unpaired) electrons. The van der Waals surface area contributed by atoms with Crippen molar-refractivity contribution in [3.63, 3.8) is 0 Å². The highest BCUT2D eigenvalue weighted by Crippen LogP contribution is 2.40.